The van der Waals surface area contributed by atoms with E-state index in [1.807, 2.05) is 49.4 Å². The van der Waals surface area contributed by atoms with Gasteiger partial charge in [-0.3, -0.25) is 19.8 Å². The van der Waals surface area contributed by atoms with Crippen LogP contribution in [0.1, 0.15) is 42.7 Å². The molecule has 2 unspecified atom stereocenters. The molecule has 1 aliphatic carbocycles. The Balaban J connectivity index is 1.72. The van der Waals surface area contributed by atoms with Crippen LogP contribution in [0, 0.1) is 21.4 Å². The molecule has 2 atom stereocenters. The number of Topliss-reactive ketones (excluding diaryl/α,β-unsaturated/α-hetero) is 1. The Hall–Kier alpha value is -4.61. The highest BCUT2D eigenvalue weighted by molar-refractivity contribution is 6.32. The number of hydrogen-bond donors (Lipinski definition) is 1. The highest BCUT2D eigenvalue weighted by atomic mass is 35.5. The number of anilines is 1. The van der Waals surface area contributed by atoms with Crippen LogP contribution in [0.4, 0.5) is 11.4 Å². The number of halogens is 1. The summed E-state index contributed by atoms with van der Waals surface area (Å²) in [5, 5.41) is 21.9. The summed E-state index contributed by atoms with van der Waals surface area (Å²) in [6.07, 6.45) is 0.720. The van der Waals surface area contributed by atoms with Crippen LogP contribution in [0.5, 0.6) is 5.75 Å². The summed E-state index contributed by atoms with van der Waals surface area (Å²) < 4.78 is 5.57. The van der Waals surface area contributed by atoms with Crippen LogP contribution in [0.15, 0.2) is 95.5 Å². The topological polar surface area (TPSA) is 122 Å². The third-order valence-corrected chi connectivity index (χ3v) is 7.47. The molecule has 0 saturated carbocycles. The van der Waals surface area contributed by atoms with Crippen molar-refractivity contribution in [3.05, 3.63) is 122 Å². The van der Waals surface area contributed by atoms with E-state index in [1.54, 1.807) is 23.1 Å². The molecule has 0 spiro atoms. The summed E-state index contributed by atoms with van der Waals surface area (Å²) in [6.45, 7) is 2.40. The number of allylic oxidation sites excluding steroid dienone is 3. The molecule has 2 aliphatic rings. The van der Waals surface area contributed by atoms with Gasteiger partial charge in [-0.15, -0.1) is 0 Å². The van der Waals surface area contributed by atoms with Crippen molar-refractivity contribution in [2.45, 2.75) is 31.6 Å². The van der Waals surface area contributed by atoms with Gasteiger partial charge in [-0.1, -0.05) is 54.1 Å². The number of nitro benzene ring substituents is 1. The van der Waals surface area contributed by atoms with E-state index in [0.29, 0.717) is 35.7 Å². The molecule has 0 bridgehead atoms. The van der Waals surface area contributed by atoms with Crippen LogP contribution in [-0.2, 0) is 4.79 Å². The van der Waals surface area contributed by atoms with Gasteiger partial charge >= 0.3 is 0 Å². The zero-order chi connectivity index (χ0) is 27.7. The van der Waals surface area contributed by atoms with Gasteiger partial charge in [0.05, 0.1) is 34.8 Å². The average molecular weight is 541 g/mol. The molecule has 0 fully saturated rings. The van der Waals surface area contributed by atoms with E-state index < -0.39 is 10.8 Å². The lowest BCUT2D eigenvalue weighted by Gasteiger charge is -2.41. The van der Waals surface area contributed by atoms with Gasteiger partial charge < -0.3 is 10.5 Å². The van der Waals surface area contributed by atoms with E-state index in [1.165, 1.54) is 12.1 Å². The fraction of sp³-hybridized carbons (Fsp3) is 0.200. The summed E-state index contributed by atoms with van der Waals surface area (Å²) in [4.78, 5) is 26.6. The molecule has 3 aromatic carbocycles. The van der Waals surface area contributed by atoms with E-state index in [0.717, 1.165) is 11.1 Å². The maximum Gasteiger partial charge on any atom is 0.289 e. The molecule has 0 radical (unpaired) electrons. The lowest BCUT2D eigenvalue weighted by Crippen LogP contribution is -2.40. The first-order valence-corrected chi connectivity index (χ1v) is 12.9. The average Bonchev–Trinajstić information content (AvgIpc) is 2.94. The first-order chi connectivity index (χ1) is 18.8. The fourth-order valence-corrected chi connectivity index (χ4v) is 5.61. The predicted molar refractivity (Wildman–Crippen MR) is 148 cm³/mol. The molecule has 0 saturated heterocycles. The second kappa shape index (κ2) is 10.6. The van der Waals surface area contributed by atoms with E-state index in [9.17, 15) is 20.2 Å². The lowest BCUT2D eigenvalue weighted by molar-refractivity contribution is -0.384. The molecule has 5 rings (SSSR count). The first-order valence-electron chi connectivity index (χ1n) is 12.5. The maximum absolute atomic E-state index is 13.9. The number of nitrogens with zero attached hydrogens (tertiary/aromatic N) is 3. The Bertz CT molecular complexity index is 1560. The van der Waals surface area contributed by atoms with Crippen LogP contribution < -0.4 is 15.4 Å². The van der Waals surface area contributed by atoms with E-state index in [2.05, 4.69) is 6.07 Å². The van der Waals surface area contributed by atoms with Crippen molar-refractivity contribution >= 4 is 28.8 Å². The molecular weight excluding hydrogens is 516 g/mol. The van der Waals surface area contributed by atoms with Crippen LogP contribution in [0.3, 0.4) is 0 Å². The lowest BCUT2D eigenvalue weighted by atomic mass is 9.72. The van der Waals surface area contributed by atoms with Crippen molar-refractivity contribution in [2.24, 2.45) is 5.73 Å². The smallest absolute Gasteiger partial charge is 0.289 e. The SMILES string of the molecule is CCOc1ccc(C2C(C#N)=C(N)N(c3ccc(Cl)c([N+](=O)[O-])c3)C3=C2C(=O)CC(c2ccccc2)C3)cc1. The number of carbonyl (C=O) groups is 1. The van der Waals surface area contributed by atoms with E-state index in [-0.39, 0.29) is 40.2 Å². The molecule has 1 aliphatic heterocycles. The Morgan fingerprint density at radius 3 is 2.46 bits per heavy atom. The summed E-state index contributed by atoms with van der Waals surface area (Å²) in [5.41, 5.74) is 9.77. The number of ether oxygens (including phenoxy) is 1. The van der Waals surface area contributed by atoms with Gasteiger partial charge in [0.25, 0.3) is 5.69 Å². The van der Waals surface area contributed by atoms with Gasteiger partial charge in [-0.25, -0.2) is 0 Å². The number of nitro groups is 1. The predicted octanol–water partition coefficient (Wildman–Crippen LogP) is 6.35. The Kier molecular flexibility index (Phi) is 7.09. The molecular formula is C30H25ClN4O4. The largest absolute Gasteiger partial charge is 0.494 e. The minimum atomic E-state index is -0.677. The normalized spacial score (nSPS) is 19.0. The quantitative estimate of drug-likeness (QED) is 0.285. The van der Waals surface area contributed by atoms with Crippen molar-refractivity contribution in [3.63, 3.8) is 0 Å². The Labute approximate surface area is 230 Å². The van der Waals surface area contributed by atoms with Crippen LogP contribution in [-0.4, -0.2) is 17.3 Å². The fourth-order valence-electron chi connectivity index (χ4n) is 5.42. The second-order valence-electron chi connectivity index (χ2n) is 9.37. The van der Waals surface area contributed by atoms with Gasteiger partial charge in [0.2, 0.25) is 0 Å². The standard InChI is InChI=1S/C30H25ClN4O4/c1-2-39-22-11-8-19(9-12-22)28-23(17-32)30(33)34(21-10-13-24(31)25(16-21)35(37)38)26-14-20(15-27(36)29(26)28)18-6-4-3-5-7-18/h3-13,16,20,28H,2,14-15,33H2,1H3. The molecule has 9 heteroatoms. The van der Waals surface area contributed by atoms with E-state index >= 15 is 0 Å². The van der Waals surface area contributed by atoms with Crippen molar-refractivity contribution in [1.82, 2.24) is 0 Å². The molecule has 3 aromatic rings. The Morgan fingerprint density at radius 2 is 1.82 bits per heavy atom. The first kappa shape index (κ1) is 26.0. The van der Waals surface area contributed by atoms with Gasteiger partial charge in [0, 0.05) is 23.8 Å². The molecule has 8 nitrogen and oxygen atoms in total. The minimum Gasteiger partial charge on any atom is -0.494 e. The number of ketones is 1. The van der Waals surface area contributed by atoms with Crippen LogP contribution in [0.25, 0.3) is 0 Å². The molecule has 196 valence electrons. The molecule has 1 heterocycles. The Morgan fingerprint density at radius 1 is 1.10 bits per heavy atom. The number of carbonyl (C=O) groups excluding carboxylic acids is 1. The summed E-state index contributed by atoms with van der Waals surface area (Å²) in [5.74, 6) is -0.106. The van der Waals surface area contributed by atoms with Gasteiger partial charge in [0.1, 0.15) is 16.6 Å². The third-order valence-electron chi connectivity index (χ3n) is 7.15. The second-order valence-corrected chi connectivity index (χ2v) is 9.78. The monoisotopic (exact) mass is 540 g/mol. The molecule has 0 aromatic heterocycles. The van der Waals surface area contributed by atoms with Gasteiger partial charge in [-0.05, 0) is 54.7 Å². The van der Waals surface area contributed by atoms with E-state index in [4.69, 9.17) is 22.1 Å². The summed E-state index contributed by atoms with van der Waals surface area (Å²) in [6, 6.07) is 23.6. The third kappa shape index (κ3) is 4.73. The zero-order valence-electron chi connectivity index (χ0n) is 21.1. The number of rotatable bonds is 6. The van der Waals surface area contributed by atoms with Gasteiger partial charge in [0.15, 0.2) is 5.78 Å². The number of benzene rings is 3. The highest BCUT2D eigenvalue weighted by Crippen LogP contribution is 2.49. The molecule has 0 amide bonds. The molecule has 2 N–H and O–H groups in total. The minimum absolute atomic E-state index is 0.0211. The van der Waals surface area contributed by atoms with Crippen molar-refractivity contribution in [3.8, 4) is 11.8 Å². The van der Waals surface area contributed by atoms with Crippen molar-refractivity contribution < 1.29 is 14.5 Å². The highest BCUT2D eigenvalue weighted by Gasteiger charge is 2.43. The van der Waals surface area contributed by atoms with Crippen LogP contribution in [0.2, 0.25) is 5.02 Å². The summed E-state index contributed by atoms with van der Waals surface area (Å²) in [7, 11) is 0. The number of hydrogen-bond acceptors (Lipinski definition) is 7. The van der Waals surface area contributed by atoms with Crippen molar-refractivity contribution in [1.29, 1.82) is 5.26 Å². The number of nitriles is 1. The zero-order valence-corrected chi connectivity index (χ0v) is 21.9. The van der Waals surface area contributed by atoms with Gasteiger partial charge in [-0.2, -0.15) is 5.26 Å². The maximum atomic E-state index is 13.9. The van der Waals surface area contributed by atoms with Crippen molar-refractivity contribution in [2.75, 3.05) is 11.5 Å². The number of nitrogens with two attached hydrogens (primary N) is 1. The molecule has 39 heavy (non-hydrogen) atoms. The van der Waals surface area contributed by atoms with Crippen LogP contribution >= 0.6 is 11.6 Å². The summed E-state index contributed by atoms with van der Waals surface area (Å²) >= 11 is 6.09.